The quantitative estimate of drug-likeness (QED) is 0.708. The maximum atomic E-state index is 10.6. The maximum absolute atomic E-state index is 10.6. The van der Waals surface area contributed by atoms with Gasteiger partial charge in [-0.3, -0.25) is 0 Å². The summed E-state index contributed by atoms with van der Waals surface area (Å²) in [5.74, 6) is 0. The van der Waals surface area contributed by atoms with Crippen molar-refractivity contribution in [1.82, 2.24) is 0 Å². The lowest BCUT2D eigenvalue weighted by molar-refractivity contribution is 0.610. The van der Waals surface area contributed by atoms with Gasteiger partial charge >= 0.3 is 0 Å². The first kappa shape index (κ1) is 8.49. The zero-order chi connectivity index (χ0) is 8.32. The fourth-order valence-corrected chi connectivity index (χ4v) is 1.60. The van der Waals surface area contributed by atoms with Gasteiger partial charge in [-0.25, -0.2) is 8.42 Å². The molecular weight excluding hydrogens is 180 g/mol. The molecule has 0 bridgehead atoms. The molecule has 0 aliphatic carbocycles. The Morgan fingerprint density at radius 3 is 2.73 bits per heavy atom. The van der Waals surface area contributed by atoms with Gasteiger partial charge < -0.3 is 0 Å². The van der Waals surface area contributed by atoms with Gasteiger partial charge in [0.2, 0.25) is 0 Å². The molecule has 0 spiro atoms. The molecule has 11 heavy (non-hydrogen) atoms. The third-order valence-corrected chi connectivity index (χ3v) is 2.38. The van der Waals surface area contributed by atoms with Crippen molar-refractivity contribution in [2.45, 2.75) is 0 Å². The van der Waals surface area contributed by atoms with Crippen LogP contribution in [0.15, 0.2) is 22.2 Å². The van der Waals surface area contributed by atoms with Crippen LogP contribution in [0, 0.1) is 0 Å². The van der Waals surface area contributed by atoms with E-state index in [2.05, 4.69) is 0 Å². The van der Waals surface area contributed by atoms with Crippen LogP contribution in [-0.2, 0) is 9.84 Å². The largest absolute Gasteiger partial charge is 0.225 e. The van der Waals surface area contributed by atoms with Gasteiger partial charge in [-0.2, -0.15) is 11.3 Å². The van der Waals surface area contributed by atoms with Crippen LogP contribution in [0.5, 0.6) is 0 Å². The van der Waals surface area contributed by atoms with Gasteiger partial charge in [0.25, 0.3) is 0 Å². The van der Waals surface area contributed by atoms with Gasteiger partial charge in [0.15, 0.2) is 9.84 Å². The Hall–Kier alpha value is -0.610. The van der Waals surface area contributed by atoms with E-state index in [0.29, 0.717) is 0 Å². The minimum Gasteiger partial charge on any atom is -0.225 e. The average molecular weight is 188 g/mol. The summed E-state index contributed by atoms with van der Waals surface area (Å²) in [6, 6.07) is 1.87. The molecule has 2 nitrogen and oxygen atoms in total. The number of hydrogen-bond donors (Lipinski definition) is 0. The van der Waals surface area contributed by atoms with E-state index in [1.165, 1.54) is 11.7 Å². The molecule has 0 atom stereocenters. The molecule has 0 N–H and O–H groups in total. The van der Waals surface area contributed by atoms with E-state index in [-0.39, 0.29) is 0 Å². The summed E-state index contributed by atoms with van der Waals surface area (Å²) < 4.78 is 21.3. The number of hydrogen-bond acceptors (Lipinski definition) is 3. The van der Waals surface area contributed by atoms with Crippen LogP contribution in [0.4, 0.5) is 0 Å². The minimum atomic E-state index is -2.98. The second-order valence-electron chi connectivity index (χ2n) is 2.19. The van der Waals surface area contributed by atoms with Crippen molar-refractivity contribution >= 4 is 27.3 Å². The van der Waals surface area contributed by atoms with Crippen LogP contribution in [-0.4, -0.2) is 14.7 Å². The lowest BCUT2D eigenvalue weighted by Crippen LogP contribution is -1.86. The maximum Gasteiger partial charge on any atom is 0.168 e. The second-order valence-corrected chi connectivity index (χ2v) is 4.90. The lowest BCUT2D eigenvalue weighted by Gasteiger charge is -1.83. The molecule has 60 valence electrons. The fourth-order valence-electron chi connectivity index (χ4n) is 0.572. The highest BCUT2D eigenvalue weighted by molar-refractivity contribution is 7.93. The molecule has 0 saturated carbocycles. The Balaban J connectivity index is 2.79. The molecule has 0 radical (unpaired) electrons. The molecule has 0 aromatic carbocycles. The first-order valence-corrected chi connectivity index (χ1v) is 5.88. The van der Waals surface area contributed by atoms with Gasteiger partial charge in [-0.1, -0.05) is 0 Å². The van der Waals surface area contributed by atoms with Crippen molar-refractivity contribution in [3.05, 3.63) is 27.8 Å². The lowest BCUT2D eigenvalue weighted by atomic mass is 10.3. The van der Waals surface area contributed by atoms with Crippen molar-refractivity contribution in [2.24, 2.45) is 0 Å². The first-order valence-electron chi connectivity index (χ1n) is 2.98. The summed E-state index contributed by atoms with van der Waals surface area (Å²) in [6.07, 6.45) is 2.77. The van der Waals surface area contributed by atoms with Crippen molar-refractivity contribution in [3.8, 4) is 0 Å². The molecule has 0 saturated heterocycles. The summed E-state index contributed by atoms with van der Waals surface area (Å²) in [4.78, 5) is 0. The zero-order valence-electron chi connectivity index (χ0n) is 6.02. The molecule has 0 unspecified atom stereocenters. The number of sulfone groups is 1. The summed E-state index contributed by atoms with van der Waals surface area (Å²) in [6.45, 7) is 0. The zero-order valence-corrected chi connectivity index (χ0v) is 7.65. The van der Waals surface area contributed by atoms with E-state index in [4.69, 9.17) is 0 Å². The van der Waals surface area contributed by atoms with Crippen LogP contribution in [0.3, 0.4) is 0 Å². The Labute approximate surface area is 70.1 Å². The highest BCUT2D eigenvalue weighted by Crippen LogP contribution is 2.08. The molecule has 1 aromatic heterocycles. The van der Waals surface area contributed by atoms with E-state index in [9.17, 15) is 8.42 Å². The van der Waals surface area contributed by atoms with Crippen molar-refractivity contribution < 1.29 is 8.42 Å². The molecule has 4 heteroatoms. The Kier molecular flexibility index (Phi) is 2.46. The fraction of sp³-hybridized carbons (Fsp3) is 0.143. The molecule has 1 rings (SSSR count). The van der Waals surface area contributed by atoms with E-state index < -0.39 is 9.84 Å². The Morgan fingerprint density at radius 2 is 2.27 bits per heavy atom. The standard InChI is InChI=1S/C7H8O2S2/c1-11(8,9)5-3-7-2-4-10-6-7/h2-6H,1H3/b5-3+. The first-order chi connectivity index (χ1) is 5.08. The van der Waals surface area contributed by atoms with Crippen LogP contribution in [0.25, 0.3) is 6.08 Å². The predicted molar refractivity (Wildman–Crippen MR) is 48.2 cm³/mol. The van der Waals surface area contributed by atoms with Gasteiger partial charge in [0.05, 0.1) is 0 Å². The van der Waals surface area contributed by atoms with Gasteiger partial charge in [-0.05, 0) is 28.5 Å². The second kappa shape index (κ2) is 3.19. The van der Waals surface area contributed by atoms with Crippen molar-refractivity contribution in [1.29, 1.82) is 0 Å². The van der Waals surface area contributed by atoms with Crippen LogP contribution in [0.2, 0.25) is 0 Å². The van der Waals surface area contributed by atoms with E-state index in [1.807, 2.05) is 16.8 Å². The van der Waals surface area contributed by atoms with Gasteiger partial charge in [-0.15, -0.1) is 0 Å². The third-order valence-electron chi connectivity index (χ3n) is 1.05. The number of rotatable bonds is 2. The van der Waals surface area contributed by atoms with Crippen LogP contribution < -0.4 is 0 Å². The molecule has 0 amide bonds. The third kappa shape index (κ3) is 3.34. The molecular formula is C7H8O2S2. The van der Waals surface area contributed by atoms with Crippen molar-refractivity contribution in [2.75, 3.05) is 6.26 Å². The van der Waals surface area contributed by atoms with Gasteiger partial charge in [0.1, 0.15) is 0 Å². The molecule has 0 aliphatic rings. The Bertz CT molecular complexity index is 333. The smallest absolute Gasteiger partial charge is 0.168 e. The van der Waals surface area contributed by atoms with Crippen molar-refractivity contribution in [3.63, 3.8) is 0 Å². The Morgan fingerprint density at radius 1 is 1.55 bits per heavy atom. The highest BCUT2D eigenvalue weighted by Gasteiger charge is 1.92. The van der Waals surface area contributed by atoms with E-state index in [0.717, 1.165) is 5.56 Å². The summed E-state index contributed by atoms with van der Waals surface area (Å²) in [5, 5.41) is 5.00. The molecule has 1 aromatic rings. The summed E-state index contributed by atoms with van der Waals surface area (Å²) in [5.41, 5.74) is 0.931. The summed E-state index contributed by atoms with van der Waals surface area (Å²) >= 11 is 1.54. The molecule has 0 fully saturated rings. The van der Waals surface area contributed by atoms with E-state index in [1.54, 1.807) is 17.4 Å². The molecule has 0 aliphatic heterocycles. The number of thiophene rings is 1. The van der Waals surface area contributed by atoms with Crippen LogP contribution in [0.1, 0.15) is 5.56 Å². The molecule has 1 heterocycles. The topological polar surface area (TPSA) is 34.1 Å². The van der Waals surface area contributed by atoms with Gasteiger partial charge in [0, 0.05) is 11.7 Å². The monoisotopic (exact) mass is 188 g/mol. The van der Waals surface area contributed by atoms with Crippen LogP contribution >= 0.6 is 11.3 Å². The SMILES string of the molecule is CS(=O)(=O)/C=C/c1ccsc1. The average Bonchev–Trinajstić information content (AvgIpc) is 2.32. The normalized spacial score (nSPS) is 12.5. The highest BCUT2D eigenvalue weighted by atomic mass is 32.2. The van der Waals surface area contributed by atoms with E-state index >= 15 is 0 Å². The summed E-state index contributed by atoms with van der Waals surface area (Å²) in [7, 11) is -2.98. The predicted octanol–water partition coefficient (Wildman–Crippen LogP) is 1.76. The minimum absolute atomic E-state index is 0.931.